The van der Waals surface area contributed by atoms with Crippen LogP contribution in [0, 0.1) is 5.92 Å². The molecule has 21 heavy (non-hydrogen) atoms. The first kappa shape index (κ1) is 17.3. The van der Waals surface area contributed by atoms with Gasteiger partial charge in [0.15, 0.2) is 0 Å². The molecule has 1 rings (SSSR count). The predicted octanol–water partition coefficient (Wildman–Crippen LogP) is 2.27. The van der Waals surface area contributed by atoms with Crippen molar-refractivity contribution < 1.29 is 9.59 Å². The molecule has 116 valence electrons. The van der Waals surface area contributed by atoms with Gasteiger partial charge in [0.25, 0.3) is 5.91 Å². The van der Waals surface area contributed by atoms with E-state index >= 15 is 0 Å². The van der Waals surface area contributed by atoms with Gasteiger partial charge in [-0.1, -0.05) is 25.4 Å². The van der Waals surface area contributed by atoms with Crippen LogP contribution in [0.5, 0.6) is 0 Å². The highest BCUT2D eigenvalue weighted by Gasteiger charge is 2.24. The van der Waals surface area contributed by atoms with Gasteiger partial charge in [-0.2, -0.15) is 0 Å². The number of hydrogen-bond acceptors (Lipinski definition) is 3. The number of halogens is 1. The first-order valence-corrected chi connectivity index (χ1v) is 7.34. The maximum atomic E-state index is 12.4. The lowest BCUT2D eigenvalue weighted by Gasteiger charge is -2.21. The molecule has 0 saturated heterocycles. The normalized spacial score (nSPS) is 11.9. The number of benzene rings is 1. The van der Waals surface area contributed by atoms with Crippen LogP contribution in [0.4, 0.5) is 5.69 Å². The van der Waals surface area contributed by atoms with Crippen molar-refractivity contribution >= 4 is 29.1 Å². The second kappa shape index (κ2) is 7.88. The summed E-state index contributed by atoms with van der Waals surface area (Å²) in [6.45, 7) is 6.38. The van der Waals surface area contributed by atoms with E-state index in [1.165, 1.54) is 0 Å². The largest absolute Gasteiger partial charge is 0.385 e. The molecular formula is C15H22ClN3O2. The lowest BCUT2D eigenvalue weighted by molar-refractivity contribution is -0.123. The smallest absolute Gasteiger partial charge is 0.254 e. The second-order valence-corrected chi connectivity index (χ2v) is 5.47. The van der Waals surface area contributed by atoms with Crippen molar-refractivity contribution in [1.82, 2.24) is 10.6 Å². The Morgan fingerprint density at radius 1 is 1.29 bits per heavy atom. The van der Waals surface area contributed by atoms with Gasteiger partial charge in [-0.3, -0.25) is 9.59 Å². The summed E-state index contributed by atoms with van der Waals surface area (Å²) in [7, 11) is 1.55. The number of amides is 2. The quantitative estimate of drug-likeness (QED) is 0.755. The molecule has 1 aromatic carbocycles. The zero-order valence-electron chi connectivity index (χ0n) is 12.8. The first-order chi connectivity index (χ1) is 9.90. The summed E-state index contributed by atoms with van der Waals surface area (Å²) in [4.78, 5) is 24.3. The molecule has 0 aliphatic heterocycles. The van der Waals surface area contributed by atoms with Crippen molar-refractivity contribution in [3.63, 3.8) is 0 Å². The van der Waals surface area contributed by atoms with E-state index in [4.69, 9.17) is 11.6 Å². The summed E-state index contributed by atoms with van der Waals surface area (Å²) in [5.74, 6) is -0.559. The summed E-state index contributed by atoms with van der Waals surface area (Å²) in [5, 5.41) is 8.90. The van der Waals surface area contributed by atoms with Gasteiger partial charge in [0.1, 0.15) is 6.04 Å². The number of likely N-dealkylation sites (N-methyl/N-ethyl adjacent to an activating group) is 1. The number of anilines is 1. The highest BCUT2D eigenvalue weighted by molar-refractivity contribution is 6.31. The molecule has 3 N–H and O–H groups in total. The van der Waals surface area contributed by atoms with Crippen LogP contribution in [0.25, 0.3) is 0 Å². The van der Waals surface area contributed by atoms with Gasteiger partial charge in [-0.15, -0.1) is 0 Å². The zero-order chi connectivity index (χ0) is 16.0. The average molecular weight is 312 g/mol. The van der Waals surface area contributed by atoms with E-state index in [-0.39, 0.29) is 17.7 Å². The standard InChI is InChI=1S/C15H22ClN3O2/c1-5-18-12-7-6-10(16)8-11(12)14(20)19-13(9(2)3)15(21)17-4/h6-9,13,18H,5H2,1-4H3,(H,17,21)(H,19,20). The van der Waals surface area contributed by atoms with Crippen LogP contribution in [-0.4, -0.2) is 31.4 Å². The molecule has 1 atom stereocenters. The highest BCUT2D eigenvalue weighted by Crippen LogP contribution is 2.21. The molecule has 0 radical (unpaired) electrons. The molecule has 0 aliphatic rings. The fourth-order valence-corrected chi connectivity index (χ4v) is 2.13. The fourth-order valence-electron chi connectivity index (χ4n) is 1.96. The maximum Gasteiger partial charge on any atom is 0.254 e. The molecule has 0 aromatic heterocycles. The van der Waals surface area contributed by atoms with Gasteiger partial charge in [0, 0.05) is 24.3 Å². The highest BCUT2D eigenvalue weighted by atomic mass is 35.5. The summed E-state index contributed by atoms with van der Waals surface area (Å²) >= 11 is 5.96. The van der Waals surface area contributed by atoms with E-state index in [1.807, 2.05) is 20.8 Å². The van der Waals surface area contributed by atoms with Crippen LogP contribution in [0.3, 0.4) is 0 Å². The lowest BCUT2D eigenvalue weighted by atomic mass is 10.0. The summed E-state index contributed by atoms with van der Waals surface area (Å²) in [6, 6.07) is 4.48. The minimum Gasteiger partial charge on any atom is -0.385 e. The molecular weight excluding hydrogens is 290 g/mol. The molecule has 0 heterocycles. The molecule has 0 aliphatic carbocycles. The number of carbonyl (C=O) groups is 2. The third-order valence-corrected chi connectivity index (χ3v) is 3.31. The zero-order valence-corrected chi connectivity index (χ0v) is 13.5. The summed E-state index contributed by atoms with van der Waals surface area (Å²) in [6.07, 6.45) is 0. The van der Waals surface area contributed by atoms with E-state index in [2.05, 4.69) is 16.0 Å². The Balaban J connectivity index is 3.01. The van der Waals surface area contributed by atoms with Gasteiger partial charge in [-0.25, -0.2) is 0 Å². The molecule has 1 aromatic rings. The first-order valence-electron chi connectivity index (χ1n) is 6.96. The number of rotatable bonds is 6. The van der Waals surface area contributed by atoms with Gasteiger partial charge in [0.2, 0.25) is 5.91 Å². The second-order valence-electron chi connectivity index (χ2n) is 5.03. The van der Waals surface area contributed by atoms with Crippen molar-refractivity contribution in [2.45, 2.75) is 26.8 Å². The summed E-state index contributed by atoms with van der Waals surface area (Å²) < 4.78 is 0. The third-order valence-electron chi connectivity index (χ3n) is 3.08. The molecule has 1 unspecified atom stereocenters. The van der Waals surface area contributed by atoms with Crippen molar-refractivity contribution in [3.05, 3.63) is 28.8 Å². The molecule has 0 fully saturated rings. The minimum absolute atomic E-state index is 0.0179. The van der Waals surface area contributed by atoms with Crippen LogP contribution in [0.15, 0.2) is 18.2 Å². The van der Waals surface area contributed by atoms with Gasteiger partial charge in [0.05, 0.1) is 5.56 Å². The Morgan fingerprint density at radius 3 is 2.48 bits per heavy atom. The molecule has 5 nitrogen and oxygen atoms in total. The van der Waals surface area contributed by atoms with Crippen molar-refractivity contribution in [3.8, 4) is 0 Å². The fraction of sp³-hybridized carbons (Fsp3) is 0.467. The van der Waals surface area contributed by atoms with E-state index in [0.717, 1.165) is 0 Å². The third kappa shape index (κ3) is 4.63. The van der Waals surface area contributed by atoms with E-state index in [0.29, 0.717) is 22.8 Å². The molecule has 0 bridgehead atoms. The van der Waals surface area contributed by atoms with Crippen molar-refractivity contribution in [1.29, 1.82) is 0 Å². The molecule has 0 saturated carbocycles. The van der Waals surface area contributed by atoms with Crippen molar-refractivity contribution in [2.75, 3.05) is 18.9 Å². The number of carbonyl (C=O) groups excluding carboxylic acids is 2. The van der Waals surface area contributed by atoms with E-state index in [9.17, 15) is 9.59 Å². The lowest BCUT2D eigenvalue weighted by Crippen LogP contribution is -2.48. The van der Waals surface area contributed by atoms with Crippen LogP contribution < -0.4 is 16.0 Å². The molecule has 0 spiro atoms. The van der Waals surface area contributed by atoms with Gasteiger partial charge in [-0.05, 0) is 31.0 Å². The Bertz CT molecular complexity index is 518. The van der Waals surface area contributed by atoms with Crippen molar-refractivity contribution in [2.24, 2.45) is 5.92 Å². The number of hydrogen-bond donors (Lipinski definition) is 3. The van der Waals surface area contributed by atoms with Gasteiger partial charge < -0.3 is 16.0 Å². The van der Waals surface area contributed by atoms with E-state index in [1.54, 1.807) is 25.2 Å². The molecule has 2 amide bonds. The summed E-state index contributed by atoms with van der Waals surface area (Å²) in [5.41, 5.74) is 1.12. The Hall–Kier alpha value is -1.75. The van der Waals surface area contributed by atoms with Crippen LogP contribution in [0.1, 0.15) is 31.1 Å². The maximum absolute atomic E-state index is 12.4. The monoisotopic (exact) mass is 311 g/mol. The Labute approximate surface area is 130 Å². The average Bonchev–Trinajstić information content (AvgIpc) is 2.45. The van der Waals surface area contributed by atoms with Gasteiger partial charge >= 0.3 is 0 Å². The van der Waals surface area contributed by atoms with Crippen LogP contribution >= 0.6 is 11.6 Å². The van der Waals surface area contributed by atoms with Crippen LogP contribution in [0.2, 0.25) is 5.02 Å². The Morgan fingerprint density at radius 2 is 1.95 bits per heavy atom. The molecule has 6 heteroatoms. The van der Waals surface area contributed by atoms with Crippen LogP contribution in [-0.2, 0) is 4.79 Å². The SMILES string of the molecule is CCNc1ccc(Cl)cc1C(=O)NC(C(=O)NC)C(C)C. The Kier molecular flexibility index (Phi) is 6.49. The van der Waals surface area contributed by atoms with E-state index < -0.39 is 6.04 Å². The number of nitrogens with one attached hydrogen (secondary N) is 3. The topological polar surface area (TPSA) is 70.2 Å². The predicted molar refractivity (Wildman–Crippen MR) is 85.8 cm³/mol. The minimum atomic E-state index is -0.587.